The second kappa shape index (κ2) is 5.98. The third kappa shape index (κ3) is 2.83. The lowest BCUT2D eigenvalue weighted by atomic mass is 10.1. The fourth-order valence-corrected chi connectivity index (χ4v) is 2.62. The van der Waals surface area contributed by atoms with Crippen LogP contribution in [0.25, 0.3) is 11.0 Å². The first-order valence-corrected chi connectivity index (χ1v) is 7.40. The van der Waals surface area contributed by atoms with E-state index in [0.717, 1.165) is 10.9 Å². The molecule has 0 aliphatic heterocycles. The quantitative estimate of drug-likeness (QED) is 0.388. The van der Waals surface area contributed by atoms with Gasteiger partial charge in [0, 0.05) is 28.1 Å². The highest BCUT2D eigenvalue weighted by Gasteiger charge is 2.18. The Kier molecular flexibility index (Phi) is 3.99. The summed E-state index contributed by atoms with van der Waals surface area (Å²) in [4.78, 5) is 22.2. The van der Waals surface area contributed by atoms with Gasteiger partial charge in [0.2, 0.25) is 5.75 Å². The molecule has 0 bridgehead atoms. The van der Waals surface area contributed by atoms with Crippen molar-refractivity contribution < 1.29 is 14.1 Å². The van der Waals surface area contributed by atoms with E-state index in [-0.39, 0.29) is 16.5 Å². The molecule has 3 aromatic rings. The summed E-state index contributed by atoms with van der Waals surface area (Å²) in [6.07, 6.45) is 0. The molecule has 0 fully saturated rings. The summed E-state index contributed by atoms with van der Waals surface area (Å²) in [5, 5.41) is 12.2. The van der Waals surface area contributed by atoms with Gasteiger partial charge in [-0.15, -0.1) is 0 Å². The van der Waals surface area contributed by atoms with Gasteiger partial charge in [-0.25, -0.2) is 4.79 Å². The summed E-state index contributed by atoms with van der Waals surface area (Å²) in [7, 11) is 0. The fraction of sp³-hybridized carbons (Fsp3) is 0.118. The number of aryl methyl sites for hydroxylation is 2. The Hall–Kier alpha value is -2.86. The zero-order chi connectivity index (χ0) is 17.4. The zero-order valence-electron chi connectivity index (χ0n) is 12.8. The molecule has 0 atom stereocenters. The van der Waals surface area contributed by atoms with E-state index in [1.807, 2.05) is 6.92 Å². The summed E-state index contributed by atoms with van der Waals surface area (Å²) >= 11 is 5.80. The first kappa shape index (κ1) is 16.0. The van der Waals surface area contributed by atoms with Crippen LogP contribution in [0, 0.1) is 24.0 Å². The predicted octanol–water partition coefficient (Wildman–Crippen LogP) is 4.76. The van der Waals surface area contributed by atoms with Crippen molar-refractivity contribution in [3.05, 3.63) is 73.1 Å². The van der Waals surface area contributed by atoms with Crippen molar-refractivity contribution in [1.82, 2.24) is 0 Å². The molecule has 0 radical (unpaired) electrons. The number of halogens is 1. The molecule has 0 spiro atoms. The average molecular weight is 346 g/mol. The second-order valence-corrected chi connectivity index (χ2v) is 5.72. The van der Waals surface area contributed by atoms with E-state index in [9.17, 15) is 14.9 Å². The molecular weight excluding hydrogens is 334 g/mol. The topological polar surface area (TPSA) is 82.6 Å². The number of nitrogens with zero attached hydrogens (tertiary/aromatic N) is 1. The highest BCUT2D eigenvalue weighted by atomic mass is 35.5. The zero-order valence-corrected chi connectivity index (χ0v) is 13.6. The Morgan fingerprint density at radius 3 is 2.54 bits per heavy atom. The molecule has 7 heteroatoms. The van der Waals surface area contributed by atoms with Crippen LogP contribution in [0.5, 0.6) is 11.5 Å². The molecular formula is C17H12ClNO5. The molecule has 0 N–H and O–H groups in total. The monoisotopic (exact) mass is 345 g/mol. The third-order valence-electron chi connectivity index (χ3n) is 3.66. The van der Waals surface area contributed by atoms with Crippen molar-refractivity contribution >= 4 is 28.3 Å². The van der Waals surface area contributed by atoms with Crippen LogP contribution < -0.4 is 10.4 Å². The van der Waals surface area contributed by atoms with Gasteiger partial charge in [-0.1, -0.05) is 11.6 Å². The van der Waals surface area contributed by atoms with E-state index in [1.54, 1.807) is 19.1 Å². The molecule has 122 valence electrons. The van der Waals surface area contributed by atoms with E-state index >= 15 is 0 Å². The van der Waals surface area contributed by atoms with Gasteiger partial charge in [0.1, 0.15) is 11.3 Å². The second-order valence-electron chi connectivity index (χ2n) is 5.29. The van der Waals surface area contributed by atoms with Gasteiger partial charge in [0.05, 0.1) is 4.92 Å². The molecule has 2 aromatic carbocycles. The van der Waals surface area contributed by atoms with Crippen LogP contribution >= 0.6 is 11.6 Å². The first-order chi connectivity index (χ1) is 11.4. The van der Waals surface area contributed by atoms with Crippen molar-refractivity contribution in [2.24, 2.45) is 0 Å². The van der Waals surface area contributed by atoms with E-state index < -0.39 is 10.5 Å². The number of fused-ring (bicyclic) bond motifs is 1. The van der Waals surface area contributed by atoms with Gasteiger partial charge in [-0.05, 0) is 43.7 Å². The maximum atomic E-state index is 11.6. The Morgan fingerprint density at radius 1 is 1.12 bits per heavy atom. The lowest BCUT2D eigenvalue weighted by Crippen LogP contribution is -2.00. The molecule has 0 saturated carbocycles. The van der Waals surface area contributed by atoms with Crippen LogP contribution in [0.4, 0.5) is 5.69 Å². The number of hydrogen-bond donors (Lipinski definition) is 0. The van der Waals surface area contributed by atoms with Crippen LogP contribution in [0.15, 0.2) is 45.6 Å². The summed E-state index contributed by atoms with van der Waals surface area (Å²) in [6.45, 7) is 3.53. The van der Waals surface area contributed by atoms with Crippen molar-refractivity contribution in [2.75, 3.05) is 0 Å². The Bertz CT molecular complexity index is 1030. The normalized spacial score (nSPS) is 10.8. The summed E-state index contributed by atoms with van der Waals surface area (Å²) < 4.78 is 10.9. The van der Waals surface area contributed by atoms with Crippen LogP contribution in [0.1, 0.15) is 11.1 Å². The fourth-order valence-electron chi connectivity index (χ4n) is 2.45. The molecule has 1 aromatic heterocycles. The average Bonchev–Trinajstić information content (AvgIpc) is 2.51. The Labute approximate surface area is 141 Å². The predicted molar refractivity (Wildman–Crippen MR) is 90.1 cm³/mol. The lowest BCUT2D eigenvalue weighted by molar-refractivity contribution is -0.385. The van der Waals surface area contributed by atoms with Gasteiger partial charge in [0.15, 0.2) is 0 Å². The smallest absolute Gasteiger partial charge is 0.336 e. The Morgan fingerprint density at radius 2 is 1.83 bits per heavy atom. The van der Waals surface area contributed by atoms with E-state index in [1.165, 1.54) is 24.3 Å². The molecule has 0 saturated heterocycles. The van der Waals surface area contributed by atoms with Gasteiger partial charge in [0.25, 0.3) is 0 Å². The van der Waals surface area contributed by atoms with Crippen molar-refractivity contribution in [3.63, 3.8) is 0 Å². The number of nitro benzene ring substituents is 1. The van der Waals surface area contributed by atoms with Gasteiger partial charge >= 0.3 is 11.3 Å². The molecule has 3 rings (SSSR count). The highest BCUT2D eigenvalue weighted by molar-refractivity contribution is 6.30. The van der Waals surface area contributed by atoms with Gasteiger partial charge < -0.3 is 9.15 Å². The van der Waals surface area contributed by atoms with E-state index in [4.69, 9.17) is 20.8 Å². The van der Waals surface area contributed by atoms with Crippen LogP contribution in [-0.2, 0) is 0 Å². The van der Waals surface area contributed by atoms with Crippen LogP contribution in [0.2, 0.25) is 5.02 Å². The minimum atomic E-state index is -0.568. The standard InChI is InChI=1S/C17H12ClNO5/c1-9-7-16(20)24-17-10(2)14(6-4-12(9)17)23-15-5-3-11(18)8-13(15)19(21)22/h3-8H,1-2H3. The molecule has 0 unspecified atom stereocenters. The summed E-state index contributed by atoms with van der Waals surface area (Å²) in [5.41, 5.74) is 1.06. The Balaban J connectivity index is 2.14. The third-order valence-corrected chi connectivity index (χ3v) is 3.89. The molecule has 0 amide bonds. The summed E-state index contributed by atoms with van der Waals surface area (Å²) in [6, 6.07) is 8.99. The highest BCUT2D eigenvalue weighted by Crippen LogP contribution is 2.36. The maximum Gasteiger partial charge on any atom is 0.336 e. The van der Waals surface area contributed by atoms with Crippen molar-refractivity contribution in [2.45, 2.75) is 13.8 Å². The van der Waals surface area contributed by atoms with E-state index in [2.05, 4.69) is 0 Å². The largest absolute Gasteiger partial charge is 0.450 e. The van der Waals surface area contributed by atoms with Crippen LogP contribution in [0.3, 0.4) is 0 Å². The number of benzene rings is 2. The number of ether oxygens (including phenoxy) is 1. The molecule has 1 heterocycles. The van der Waals surface area contributed by atoms with Crippen molar-refractivity contribution in [1.29, 1.82) is 0 Å². The van der Waals surface area contributed by atoms with Crippen molar-refractivity contribution in [3.8, 4) is 11.5 Å². The number of rotatable bonds is 3. The molecule has 0 aliphatic carbocycles. The molecule has 0 aliphatic rings. The molecule has 6 nitrogen and oxygen atoms in total. The lowest BCUT2D eigenvalue weighted by Gasteiger charge is -2.11. The molecule has 24 heavy (non-hydrogen) atoms. The minimum absolute atomic E-state index is 0.0573. The number of hydrogen-bond acceptors (Lipinski definition) is 5. The number of nitro groups is 1. The minimum Gasteiger partial charge on any atom is -0.450 e. The SMILES string of the molecule is Cc1cc(=O)oc2c(C)c(Oc3ccc(Cl)cc3[N+](=O)[O-])ccc12. The van der Waals surface area contributed by atoms with Crippen LogP contribution in [-0.4, -0.2) is 4.92 Å². The van der Waals surface area contributed by atoms with Gasteiger partial charge in [-0.3, -0.25) is 10.1 Å². The maximum absolute atomic E-state index is 11.6. The van der Waals surface area contributed by atoms with E-state index in [0.29, 0.717) is 16.9 Å². The first-order valence-electron chi connectivity index (χ1n) is 7.02. The summed E-state index contributed by atoms with van der Waals surface area (Å²) in [5.74, 6) is 0.420. The van der Waals surface area contributed by atoms with Gasteiger partial charge in [-0.2, -0.15) is 0 Å².